The number of H-pyrrole nitrogens is 2. The van der Waals surface area contributed by atoms with Gasteiger partial charge in [0.25, 0.3) is 0 Å². The number of fused-ring (bicyclic) bond motifs is 3. The van der Waals surface area contributed by atoms with Gasteiger partial charge < -0.3 is 9.88 Å². The fourth-order valence-electron chi connectivity index (χ4n) is 4.43. The van der Waals surface area contributed by atoms with Crippen molar-refractivity contribution in [3.63, 3.8) is 0 Å². The zero-order chi connectivity index (χ0) is 18.7. The quantitative estimate of drug-likeness (QED) is 0.537. The monoisotopic (exact) mass is 411 g/mol. The van der Waals surface area contributed by atoms with Gasteiger partial charge in [-0.25, -0.2) is 9.97 Å². The number of anilines is 1. The number of rotatable bonds is 4. The fraction of sp³-hybridized carbons (Fsp3) is 0.316. The van der Waals surface area contributed by atoms with Crippen LogP contribution in [0.5, 0.6) is 0 Å². The predicted octanol–water partition coefficient (Wildman–Crippen LogP) is 3.53. The molecule has 2 N–H and O–H groups in total. The first-order chi connectivity index (χ1) is 13.8. The Bertz CT molecular complexity index is 1120. The first-order valence-corrected chi connectivity index (χ1v) is 10.5. The van der Waals surface area contributed by atoms with Crippen LogP contribution in [-0.4, -0.2) is 55.2 Å². The maximum absolute atomic E-state index is 6.37. The summed E-state index contributed by atoms with van der Waals surface area (Å²) < 4.78 is 0. The molecule has 0 saturated carbocycles. The fourth-order valence-corrected chi connectivity index (χ4v) is 5.64. The molecule has 4 aromatic heterocycles. The molecule has 2 bridgehead atoms. The van der Waals surface area contributed by atoms with Crippen molar-refractivity contribution >= 4 is 39.1 Å². The number of hydrogen-bond acceptors (Lipinski definition) is 6. The molecule has 9 heteroatoms. The molecule has 0 spiro atoms. The number of halogens is 1. The average Bonchev–Trinajstić information content (AvgIpc) is 3.48. The molecule has 2 unspecified atom stereocenters. The summed E-state index contributed by atoms with van der Waals surface area (Å²) >= 11 is 8.10. The summed E-state index contributed by atoms with van der Waals surface area (Å²) in [6, 6.07) is 5.24. The van der Waals surface area contributed by atoms with Crippen LogP contribution in [0.2, 0.25) is 5.02 Å². The molecule has 3 aliphatic heterocycles. The van der Waals surface area contributed by atoms with Gasteiger partial charge in [-0.15, -0.1) is 0 Å². The Balaban J connectivity index is 1.23. The zero-order valence-corrected chi connectivity index (χ0v) is 16.5. The number of pyridine rings is 1. The molecule has 0 amide bonds. The maximum atomic E-state index is 6.37. The molecule has 7 rings (SSSR count). The number of thiazole rings is 1. The van der Waals surface area contributed by atoms with Gasteiger partial charge in [0.1, 0.15) is 5.65 Å². The highest BCUT2D eigenvalue weighted by atomic mass is 35.5. The summed E-state index contributed by atoms with van der Waals surface area (Å²) in [7, 11) is 0. The van der Waals surface area contributed by atoms with Crippen molar-refractivity contribution in [3.8, 4) is 10.4 Å². The van der Waals surface area contributed by atoms with E-state index in [-0.39, 0.29) is 0 Å². The highest BCUT2D eigenvalue weighted by Gasteiger charge is 2.45. The SMILES string of the molecule is Clc1c[nH]c2nccc(-c3cnc(N4CC5CC(C4)N5Cc4ccn[nH]4)s3)c12. The Morgan fingerprint density at radius 2 is 2.07 bits per heavy atom. The first kappa shape index (κ1) is 16.5. The van der Waals surface area contributed by atoms with Gasteiger partial charge in [-0.3, -0.25) is 10.00 Å². The second-order valence-electron chi connectivity index (χ2n) is 7.43. The third kappa shape index (κ3) is 2.56. The molecule has 3 saturated heterocycles. The Morgan fingerprint density at radius 3 is 2.89 bits per heavy atom. The number of nitrogens with one attached hydrogen (secondary N) is 2. The molecule has 7 nitrogen and oxygen atoms in total. The van der Waals surface area contributed by atoms with Crippen molar-refractivity contribution in [2.45, 2.75) is 25.0 Å². The Kier molecular flexibility index (Phi) is 3.72. The lowest BCUT2D eigenvalue weighted by Crippen LogP contribution is -2.68. The van der Waals surface area contributed by atoms with E-state index in [4.69, 9.17) is 16.6 Å². The van der Waals surface area contributed by atoms with E-state index in [2.05, 4.69) is 36.0 Å². The van der Waals surface area contributed by atoms with E-state index in [0.29, 0.717) is 17.1 Å². The lowest BCUT2D eigenvalue weighted by atomic mass is 9.87. The minimum absolute atomic E-state index is 0.584. The number of aromatic amines is 2. The topological polar surface area (TPSA) is 76.7 Å². The number of hydrogen-bond donors (Lipinski definition) is 2. The van der Waals surface area contributed by atoms with Crippen LogP contribution in [0.3, 0.4) is 0 Å². The summed E-state index contributed by atoms with van der Waals surface area (Å²) in [5.74, 6) is 0. The number of piperidine rings is 1. The van der Waals surface area contributed by atoms with Crippen molar-refractivity contribution in [1.82, 2.24) is 30.0 Å². The average molecular weight is 412 g/mol. The largest absolute Gasteiger partial charge is 0.345 e. The van der Waals surface area contributed by atoms with Crippen molar-refractivity contribution in [2.75, 3.05) is 18.0 Å². The lowest BCUT2D eigenvalue weighted by Gasteiger charge is -2.56. The van der Waals surface area contributed by atoms with Gasteiger partial charge in [-0.1, -0.05) is 22.9 Å². The number of piperazine rings is 1. The van der Waals surface area contributed by atoms with Crippen molar-refractivity contribution in [3.05, 3.63) is 47.6 Å². The Morgan fingerprint density at radius 1 is 1.18 bits per heavy atom. The third-order valence-corrected chi connectivity index (χ3v) is 7.20. The molecule has 2 atom stereocenters. The smallest absolute Gasteiger partial charge is 0.185 e. The minimum atomic E-state index is 0.584. The third-order valence-electron chi connectivity index (χ3n) is 5.81. The molecule has 28 heavy (non-hydrogen) atoms. The van der Waals surface area contributed by atoms with Gasteiger partial charge in [0, 0.05) is 73.1 Å². The summed E-state index contributed by atoms with van der Waals surface area (Å²) in [6.45, 7) is 3.00. The van der Waals surface area contributed by atoms with E-state index in [0.717, 1.165) is 46.2 Å². The minimum Gasteiger partial charge on any atom is -0.345 e. The van der Waals surface area contributed by atoms with Crippen LogP contribution in [0.4, 0.5) is 5.13 Å². The summed E-state index contributed by atoms with van der Waals surface area (Å²) in [4.78, 5) is 18.3. The highest BCUT2D eigenvalue weighted by Crippen LogP contribution is 2.40. The van der Waals surface area contributed by atoms with Gasteiger partial charge in [-0.2, -0.15) is 5.10 Å². The molecule has 7 heterocycles. The van der Waals surface area contributed by atoms with E-state index < -0.39 is 0 Å². The van der Waals surface area contributed by atoms with Gasteiger partial charge in [0.2, 0.25) is 0 Å². The van der Waals surface area contributed by atoms with E-state index in [1.165, 1.54) is 12.1 Å². The molecule has 3 fully saturated rings. The van der Waals surface area contributed by atoms with Crippen LogP contribution in [0, 0.1) is 0 Å². The zero-order valence-electron chi connectivity index (χ0n) is 15.0. The predicted molar refractivity (Wildman–Crippen MR) is 111 cm³/mol. The Hall–Kier alpha value is -2.42. The summed E-state index contributed by atoms with van der Waals surface area (Å²) in [5, 5.41) is 9.88. The maximum Gasteiger partial charge on any atom is 0.185 e. The van der Waals surface area contributed by atoms with E-state index in [1.54, 1.807) is 17.5 Å². The molecule has 142 valence electrons. The van der Waals surface area contributed by atoms with Crippen LogP contribution in [0.15, 0.2) is 36.9 Å². The second-order valence-corrected chi connectivity index (χ2v) is 8.84. The van der Waals surface area contributed by atoms with Crippen LogP contribution in [0.1, 0.15) is 12.1 Å². The molecule has 0 aliphatic carbocycles. The lowest BCUT2D eigenvalue weighted by molar-refractivity contribution is -0.00944. The van der Waals surface area contributed by atoms with Crippen LogP contribution in [0.25, 0.3) is 21.5 Å². The van der Waals surface area contributed by atoms with Crippen LogP contribution < -0.4 is 4.90 Å². The summed E-state index contributed by atoms with van der Waals surface area (Å²) in [6.07, 6.45) is 8.65. The van der Waals surface area contributed by atoms with Crippen molar-refractivity contribution < 1.29 is 0 Å². The van der Waals surface area contributed by atoms with Gasteiger partial charge in [0.05, 0.1) is 9.90 Å². The van der Waals surface area contributed by atoms with Gasteiger partial charge in [-0.05, 0) is 18.6 Å². The van der Waals surface area contributed by atoms with Crippen LogP contribution in [-0.2, 0) is 6.54 Å². The second kappa shape index (κ2) is 6.30. The molecular formula is C19H18ClN7S. The Labute approximate surface area is 170 Å². The van der Waals surface area contributed by atoms with E-state index in [9.17, 15) is 0 Å². The number of nitrogens with zero attached hydrogens (tertiary/aromatic N) is 5. The molecule has 4 aromatic rings. The standard InChI is InChI=1S/C19H18ClN7S/c20-15-6-22-18-17(15)14(2-3-21-18)16-7-23-19(28-16)26-9-12-5-13(10-26)27(12)8-11-1-4-24-25-11/h1-4,6-7,12-13H,5,8-10H2,(H,21,22)(H,24,25). The highest BCUT2D eigenvalue weighted by molar-refractivity contribution is 7.19. The van der Waals surface area contributed by atoms with E-state index >= 15 is 0 Å². The number of aromatic nitrogens is 5. The van der Waals surface area contributed by atoms with Crippen molar-refractivity contribution in [1.29, 1.82) is 0 Å². The van der Waals surface area contributed by atoms with Gasteiger partial charge >= 0.3 is 0 Å². The molecular weight excluding hydrogens is 394 g/mol. The molecule has 0 aromatic carbocycles. The van der Waals surface area contributed by atoms with E-state index in [1.807, 2.05) is 24.7 Å². The molecule has 3 aliphatic rings. The first-order valence-electron chi connectivity index (χ1n) is 9.33. The van der Waals surface area contributed by atoms with Crippen molar-refractivity contribution in [2.24, 2.45) is 0 Å². The van der Waals surface area contributed by atoms with Crippen LogP contribution >= 0.6 is 22.9 Å². The molecule has 0 radical (unpaired) electrons. The van der Waals surface area contributed by atoms with Gasteiger partial charge in [0.15, 0.2) is 5.13 Å². The normalized spacial score (nSPS) is 22.0. The summed E-state index contributed by atoms with van der Waals surface area (Å²) in [5.41, 5.74) is 3.08.